The van der Waals surface area contributed by atoms with Crippen LogP contribution in [-0.4, -0.2) is 40.1 Å². The Hall–Kier alpha value is -2.63. The number of anilines is 2. The number of nitrogens with one attached hydrogen (secondary N) is 2. The quantitative estimate of drug-likeness (QED) is 0.389. The van der Waals surface area contributed by atoms with Crippen molar-refractivity contribution in [2.24, 2.45) is 5.92 Å². The minimum absolute atomic E-state index is 0.0464. The van der Waals surface area contributed by atoms with Gasteiger partial charge in [-0.3, -0.25) is 9.52 Å². The first-order valence-corrected chi connectivity index (χ1v) is 15.3. The van der Waals surface area contributed by atoms with Crippen LogP contribution in [0, 0.1) is 5.92 Å². The monoisotopic (exact) mass is 581 g/mol. The van der Waals surface area contributed by atoms with E-state index in [1.807, 2.05) is 0 Å². The minimum atomic E-state index is -3.79. The van der Waals surface area contributed by atoms with Crippen molar-refractivity contribution in [3.63, 3.8) is 0 Å². The molecule has 1 atom stereocenters. The van der Waals surface area contributed by atoms with Gasteiger partial charge in [0, 0.05) is 34.5 Å². The Morgan fingerprint density at radius 2 is 1.62 bits per heavy atom. The Morgan fingerprint density at radius 3 is 2.30 bits per heavy atom. The standard InChI is InChI=1S/C25H25Cl2N3O5S2/c26-20-9-8-19(24(27)15-20)17-36(32,33)30-14-4-5-18(16-30)25(31)28-21-10-12-23(13-11-21)37(34,35)29-22-6-2-1-3-7-22/h1-3,6-13,15,18,29H,4-5,14,16-17H2,(H,28,31)/t18-/m0/s1. The van der Waals surface area contributed by atoms with Crippen LogP contribution in [0.5, 0.6) is 0 Å². The van der Waals surface area contributed by atoms with Gasteiger partial charge in [-0.15, -0.1) is 0 Å². The average Bonchev–Trinajstić information content (AvgIpc) is 2.86. The molecule has 12 heteroatoms. The van der Waals surface area contributed by atoms with E-state index in [4.69, 9.17) is 23.2 Å². The number of halogens is 2. The molecule has 0 aromatic heterocycles. The van der Waals surface area contributed by atoms with Gasteiger partial charge in [0.1, 0.15) is 0 Å². The van der Waals surface area contributed by atoms with Crippen molar-refractivity contribution >= 4 is 60.5 Å². The van der Waals surface area contributed by atoms with Crippen LogP contribution in [0.2, 0.25) is 10.0 Å². The van der Waals surface area contributed by atoms with Crippen molar-refractivity contribution in [3.8, 4) is 0 Å². The predicted molar refractivity (Wildman–Crippen MR) is 146 cm³/mol. The number of rotatable bonds is 8. The van der Waals surface area contributed by atoms with E-state index in [9.17, 15) is 21.6 Å². The molecule has 0 bridgehead atoms. The predicted octanol–water partition coefficient (Wildman–Crippen LogP) is 4.97. The lowest BCUT2D eigenvalue weighted by Crippen LogP contribution is -2.44. The summed E-state index contributed by atoms with van der Waals surface area (Å²) < 4.78 is 55.1. The van der Waals surface area contributed by atoms with Crippen molar-refractivity contribution in [3.05, 3.63) is 88.4 Å². The van der Waals surface area contributed by atoms with Crippen LogP contribution in [0.4, 0.5) is 11.4 Å². The molecule has 2 N–H and O–H groups in total. The highest BCUT2D eigenvalue weighted by Gasteiger charge is 2.33. The summed E-state index contributed by atoms with van der Waals surface area (Å²) in [6.45, 7) is 0.366. The van der Waals surface area contributed by atoms with Crippen LogP contribution in [0.3, 0.4) is 0 Å². The molecule has 1 amide bonds. The first-order valence-electron chi connectivity index (χ1n) is 11.4. The molecule has 4 rings (SSSR count). The van der Waals surface area contributed by atoms with Crippen LogP contribution >= 0.6 is 23.2 Å². The second-order valence-electron chi connectivity index (χ2n) is 8.67. The Balaban J connectivity index is 1.38. The van der Waals surface area contributed by atoms with Gasteiger partial charge in [0.15, 0.2) is 0 Å². The number of carbonyl (C=O) groups is 1. The third kappa shape index (κ3) is 7.03. The number of amides is 1. The van der Waals surface area contributed by atoms with Crippen molar-refractivity contribution in [2.45, 2.75) is 23.5 Å². The zero-order chi connectivity index (χ0) is 26.6. The van der Waals surface area contributed by atoms with Crippen molar-refractivity contribution < 1.29 is 21.6 Å². The summed E-state index contributed by atoms with van der Waals surface area (Å²) in [6, 6.07) is 19.0. The fourth-order valence-corrected chi connectivity index (χ4v) is 7.27. The van der Waals surface area contributed by atoms with E-state index < -0.39 is 26.0 Å². The molecule has 1 fully saturated rings. The molecule has 0 unspecified atom stereocenters. The van der Waals surface area contributed by atoms with E-state index in [1.165, 1.54) is 34.6 Å². The maximum atomic E-state index is 13.0. The first kappa shape index (κ1) is 27.4. The van der Waals surface area contributed by atoms with Gasteiger partial charge in [-0.05, 0) is 66.9 Å². The molecule has 37 heavy (non-hydrogen) atoms. The lowest BCUT2D eigenvalue weighted by molar-refractivity contribution is -0.120. The van der Waals surface area contributed by atoms with E-state index in [-0.39, 0.29) is 28.1 Å². The lowest BCUT2D eigenvalue weighted by atomic mass is 9.99. The van der Waals surface area contributed by atoms with Crippen LogP contribution in [-0.2, 0) is 30.6 Å². The second-order valence-corrected chi connectivity index (χ2v) is 13.2. The van der Waals surface area contributed by atoms with E-state index >= 15 is 0 Å². The third-order valence-corrected chi connectivity index (χ3v) is 9.74. The molecule has 196 valence electrons. The van der Waals surface area contributed by atoms with Crippen molar-refractivity contribution in [1.82, 2.24) is 4.31 Å². The minimum Gasteiger partial charge on any atom is -0.326 e. The second kappa shape index (κ2) is 11.4. The number of piperidine rings is 1. The first-order chi connectivity index (χ1) is 17.5. The topological polar surface area (TPSA) is 113 Å². The summed E-state index contributed by atoms with van der Waals surface area (Å²) in [5, 5.41) is 3.45. The number of carbonyl (C=O) groups excluding carboxylic acids is 1. The van der Waals surface area contributed by atoms with Gasteiger partial charge in [0.2, 0.25) is 15.9 Å². The van der Waals surface area contributed by atoms with Gasteiger partial charge in [-0.25, -0.2) is 21.1 Å². The SMILES string of the molecule is O=C(Nc1ccc(S(=O)(=O)Nc2ccccc2)cc1)[C@H]1CCCN(S(=O)(=O)Cc2ccc(Cl)cc2Cl)C1. The molecule has 1 saturated heterocycles. The lowest BCUT2D eigenvalue weighted by Gasteiger charge is -2.31. The largest absolute Gasteiger partial charge is 0.326 e. The molecule has 3 aromatic rings. The van der Waals surface area contributed by atoms with Crippen molar-refractivity contribution in [2.75, 3.05) is 23.1 Å². The molecule has 1 aliphatic rings. The van der Waals surface area contributed by atoms with Crippen LogP contribution in [0.1, 0.15) is 18.4 Å². The highest BCUT2D eigenvalue weighted by molar-refractivity contribution is 7.92. The number of nitrogens with zero attached hydrogens (tertiary/aromatic N) is 1. The van der Waals surface area contributed by atoms with Gasteiger partial charge >= 0.3 is 0 Å². The van der Waals surface area contributed by atoms with Crippen LogP contribution in [0.25, 0.3) is 0 Å². The van der Waals surface area contributed by atoms with E-state index in [0.717, 1.165) is 0 Å². The Bertz CT molecular complexity index is 1480. The van der Waals surface area contributed by atoms with E-state index in [0.29, 0.717) is 41.3 Å². The zero-order valence-electron chi connectivity index (χ0n) is 19.6. The normalized spacial score (nSPS) is 16.8. The molecule has 8 nitrogen and oxygen atoms in total. The highest BCUT2D eigenvalue weighted by Crippen LogP contribution is 2.27. The number of para-hydroxylation sites is 1. The average molecular weight is 583 g/mol. The molecule has 0 radical (unpaired) electrons. The molecule has 0 aliphatic carbocycles. The maximum Gasteiger partial charge on any atom is 0.261 e. The molecule has 1 heterocycles. The summed E-state index contributed by atoms with van der Waals surface area (Å²) >= 11 is 12.0. The Kier molecular flexibility index (Phi) is 8.45. The number of hydrogen-bond donors (Lipinski definition) is 2. The summed E-state index contributed by atoms with van der Waals surface area (Å²) in [6.07, 6.45) is 1.07. The summed E-state index contributed by atoms with van der Waals surface area (Å²) in [5.74, 6) is -1.17. The highest BCUT2D eigenvalue weighted by atomic mass is 35.5. The molecular formula is C25H25Cl2N3O5S2. The molecule has 0 spiro atoms. The summed E-state index contributed by atoms with van der Waals surface area (Å²) in [5.41, 5.74) is 1.29. The zero-order valence-corrected chi connectivity index (χ0v) is 22.7. The molecule has 3 aromatic carbocycles. The van der Waals surface area contributed by atoms with Gasteiger partial charge in [0.25, 0.3) is 10.0 Å². The summed E-state index contributed by atoms with van der Waals surface area (Å²) in [4.78, 5) is 13.0. The van der Waals surface area contributed by atoms with Crippen LogP contribution in [0.15, 0.2) is 77.7 Å². The van der Waals surface area contributed by atoms with E-state index in [2.05, 4.69) is 10.0 Å². The molecular weight excluding hydrogens is 557 g/mol. The van der Waals surface area contributed by atoms with Gasteiger partial charge in [0.05, 0.1) is 16.6 Å². The maximum absolute atomic E-state index is 13.0. The fourth-order valence-electron chi connectivity index (χ4n) is 4.02. The molecule has 0 saturated carbocycles. The fraction of sp³-hybridized carbons (Fsp3) is 0.240. The number of benzene rings is 3. The Morgan fingerprint density at radius 1 is 0.919 bits per heavy atom. The van der Waals surface area contributed by atoms with Gasteiger partial charge < -0.3 is 5.32 Å². The summed E-state index contributed by atoms with van der Waals surface area (Å²) in [7, 11) is -7.49. The van der Waals surface area contributed by atoms with Gasteiger partial charge in [-0.1, -0.05) is 47.5 Å². The number of hydrogen-bond acceptors (Lipinski definition) is 5. The van der Waals surface area contributed by atoms with Gasteiger partial charge in [-0.2, -0.15) is 0 Å². The third-order valence-electron chi connectivity index (χ3n) is 5.96. The van der Waals surface area contributed by atoms with E-state index in [1.54, 1.807) is 42.5 Å². The van der Waals surface area contributed by atoms with Crippen LogP contribution < -0.4 is 10.0 Å². The Labute approximate surface area is 226 Å². The smallest absolute Gasteiger partial charge is 0.261 e. The number of sulfonamides is 2. The molecule has 1 aliphatic heterocycles. The van der Waals surface area contributed by atoms with Crippen molar-refractivity contribution in [1.29, 1.82) is 0 Å².